The van der Waals surface area contributed by atoms with E-state index in [9.17, 15) is 0 Å². The first-order valence-corrected chi connectivity index (χ1v) is 8.65. The van der Waals surface area contributed by atoms with Crippen LogP contribution in [0, 0.1) is 19.3 Å². The molecule has 6 nitrogen and oxygen atoms in total. The van der Waals surface area contributed by atoms with Crippen molar-refractivity contribution in [1.82, 2.24) is 20.4 Å². The van der Waals surface area contributed by atoms with Gasteiger partial charge in [-0.3, -0.25) is 4.99 Å². The van der Waals surface area contributed by atoms with Crippen molar-refractivity contribution >= 4 is 5.96 Å². The Balaban J connectivity index is 1.67. The second kappa shape index (κ2) is 7.27. The van der Waals surface area contributed by atoms with Crippen LogP contribution in [0.5, 0.6) is 0 Å². The lowest BCUT2D eigenvalue weighted by atomic mass is 9.89. The van der Waals surface area contributed by atoms with Gasteiger partial charge in [0.1, 0.15) is 0 Å². The van der Waals surface area contributed by atoms with E-state index in [4.69, 9.17) is 4.74 Å². The first-order chi connectivity index (χ1) is 12.0. The summed E-state index contributed by atoms with van der Waals surface area (Å²) >= 11 is 0. The van der Waals surface area contributed by atoms with E-state index in [1.54, 1.807) is 7.05 Å². The van der Waals surface area contributed by atoms with E-state index < -0.39 is 0 Å². The van der Waals surface area contributed by atoms with Gasteiger partial charge in [0.2, 0.25) is 0 Å². The molecule has 0 spiro atoms. The summed E-state index contributed by atoms with van der Waals surface area (Å²) in [5.74, 6) is 0.802. The molecule has 2 heterocycles. The van der Waals surface area contributed by atoms with Crippen LogP contribution in [0.4, 0.5) is 0 Å². The number of guanidine groups is 1. The summed E-state index contributed by atoms with van der Waals surface area (Å²) in [5.41, 5.74) is 4.63. The van der Waals surface area contributed by atoms with Crippen LogP contribution < -0.4 is 10.6 Å². The van der Waals surface area contributed by atoms with Gasteiger partial charge in [0.15, 0.2) is 5.96 Å². The Morgan fingerprint density at radius 1 is 1.28 bits per heavy atom. The molecule has 0 atom stereocenters. The van der Waals surface area contributed by atoms with Gasteiger partial charge in [-0.15, -0.1) is 0 Å². The highest BCUT2D eigenvalue weighted by molar-refractivity contribution is 5.79. The Kier molecular flexibility index (Phi) is 5.08. The van der Waals surface area contributed by atoms with Gasteiger partial charge in [0, 0.05) is 31.2 Å². The lowest BCUT2D eigenvalue weighted by molar-refractivity contribution is -0.0971. The zero-order valence-electron chi connectivity index (χ0n) is 15.5. The number of aliphatic imine (C=N–C) groups is 1. The minimum atomic E-state index is 0.208. The zero-order valence-corrected chi connectivity index (χ0v) is 15.5. The maximum atomic E-state index is 5.30. The van der Waals surface area contributed by atoms with Crippen LogP contribution in [-0.2, 0) is 11.3 Å². The van der Waals surface area contributed by atoms with Crippen molar-refractivity contribution in [2.45, 2.75) is 27.3 Å². The number of nitrogens with zero attached hydrogens (tertiary/aromatic N) is 3. The molecule has 1 aromatic heterocycles. The number of ether oxygens (including phenoxy) is 1. The van der Waals surface area contributed by atoms with Gasteiger partial charge in [0.05, 0.1) is 24.6 Å². The molecule has 0 amide bonds. The fourth-order valence-electron chi connectivity index (χ4n) is 2.99. The van der Waals surface area contributed by atoms with E-state index in [0.717, 1.165) is 42.8 Å². The predicted octanol–water partition coefficient (Wildman–Crippen LogP) is 2.19. The molecule has 1 aliphatic rings. The van der Waals surface area contributed by atoms with Crippen molar-refractivity contribution in [2.24, 2.45) is 10.4 Å². The third-order valence-electron chi connectivity index (χ3n) is 4.48. The molecular weight excluding hydrogens is 314 g/mol. The highest BCUT2D eigenvalue weighted by Gasteiger charge is 2.33. The number of aryl methyl sites for hydroxylation is 2. The van der Waals surface area contributed by atoms with Crippen molar-refractivity contribution in [3.8, 4) is 5.69 Å². The summed E-state index contributed by atoms with van der Waals surface area (Å²) in [7, 11) is 1.79. The van der Waals surface area contributed by atoms with E-state index in [0.29, 0.717) is 6.54 Å². The first kappa shape index (κ1) is 17.5. The van der Waals surface area contributed by atoms with Crippen LogP contribution in [-0.4, -0.2) is 42.5 Å². The van der Waals surface area contributed by atoms with E-state index in [2.05, 4.69) is 58.8 Å². The number of hydrogen-bond donors (Lipinski definition) is 2. The molecule has 1 fully saturated rings. The van der Waals surface area contributed by atoms with Gasteiger partial charge in [-0.25, -0.2) is 4.68 Å². The van der Waals surface area contributed by atoms with Crippen molar-refractivity contribution < 1.29 is 4.74 Å². The van der Waals surface area contributed by atoms with Crippen molar-refractivity contribution in [3.05, 3.63) is 47.3 Å². The van der Waals surface area contributed by atoms with Gasteiger partial charge in [-0.05, 0) is 31.5 Å². The molecule has 0 aliphatic carbocycles. The normalized spacial score (nSPS) is 16.4. The summed E-state index contributed by atoms with van der Waals surface area (Å²) in [6.45, 7) is 9.45. The van der Waals surface area contributed by atoms with Crippen LogP contribution in [0.1, 0.15) is 23.9 Å². The molecule has 0 bridgehead atoms. The lowest BCUT2D eigenvalue weighted by Gasteiger charge is -2.38. The lowest BCUT2D eigenvalue weighted by Crippen LogP contribution is -2.50. The van der Waals surface area contributed by atoms with Gasteiger partial charge < -0.3 is 15.4 Å². The summed E-state index contributed by atoms with van der Waals surface area (Å²) in [6.07, 6.45) is 0. The highest BCUT2D eigenvalue weighted by Crippen LogP contribution is 2.25. The summed E-state index contributed by atoms with van der Waals surface area (Å²) < 4.78 is 7.30. The number of para-hydroxylation sites is 1. The van der Waals surface area contributed by atoms with Crippen molar-refractivity contribution in [1.29, 1.82) is 0 Å². The molecule has 0 radical (unpaired) electrons. The fourth-order valence-corrected chi connectivity index (χ4v) is 2.99. The van der Waals surface area contributed by atoms with Gasteiger partial charge >= 0.3 is 0 Å². The van der Waals surface area contributed by atoms with Crippen molar-refractivity contribution in [3.63, 3.8) is 0 Å². The maximum absolute atomic E-state index is 5.30. The minimum Gasteiger partial charge on any atom is -0.380 e. The molecule has 134 valence electrons. The SMILES string of the molecule is CN=C(NCc1ccccc1-n1nc(C)cc1C)NCC1(C)COC1. The maximum Gasteiger partial charge on any atom is 0.191 e. The Bertz CT molecular complexity index is 761. The van der Waals surface area contributed by atoms with Gasteiger partial charge in [0.25, 0.3) is 0 Å². The second-order valence-electron chi connectivity index (χ2n) is 7.05. The fraction of sp³-hybridized carbons (Fsp3) is 0.474. The molecule has 3 rings (SSSR count). The van der Waals surface area contributed by atoms with Crippen LogP contribution in [0.2, 0.25) is 0 Å². The Morgan fingerprint density at radius 2 is 2.04 bits per heavy atom. The third kappa shape index (κ3) is 4.02. The minimum absolute atomic E-state index is 0.208. The number of benzene rings is 1. The second-order valence-corrected chi connectivity index (χ2v) is 7.05. The predicted molar refractivity (Wildman–Crippen MR) is 100 cm³/mol. The average Bonchev–Trinajstić information content (AvgIpc) is 2.92. The number of hydrogen-bond acceptors (Lipinski definition) is 3. The molecule has 0 saturated carbocycles. The van der Waals surface area contributed by atoms with Crippen LogP contribution >= 0.6 is 0 Å². The van der Waals surface area contributed by atoms with Crippen LogP contribution in [0.25, 0.3) is 5.69 Å². The summed E-state index contributed by atoms with van der Waals surface area (Å²) in [6, 6.07) is 10.4. The largest absolute Gasteiger partial charge is 0.380 e. The first-order valence-electron chi connectivity index (χ1n) is 8.65. The molecular formula is C19H27N5O. The average molecular weight is 341 g/mol. The summed E-state index contributed by atoms with van der Waals surface area (Å²) in [5, 5.41) is 11.4. The summed E-state index contributed by atoms with van der Waals surface area (Å²) in [4.78, 5) is 4.32. The monoisotopic (exact) mass is 341 g/mol. The van der Waals surface area contributed by atoms with E-state index in [-0.39, 0.29) is 5.41 Å². The molecule has 25 heavy (non-hydrogen) atoms. The topological polar surface area (TPSA) is 63.5 Å². The third-order valence-corrected chi connectivity index (χ3v) is 4.48. The van der Waals surface area contributed by atoms with Crippen molar-refractivity contribution in [2.75, 3.05) is 26.8 Å². The molecule has 1 aromatic carbocycles. The molecule has 1 saturated heterocycles. The van der Waals surface area contributed by atoms with Crippen LogP contribution in [0.15, 0.2) is 35.3 Å². The van der Waals surface area contributed by atoms with E-state index in [1.807, 2.05) is 17.7 Å². The van der Waals surface area contributed by atoms with E-state index >= 15 is 0 Å². The number of rotatable bonds is 5. The Morgan fingerprint density at radius 3 is 2.64 bits per heavy atom. The molecule has 2 N–H and O–H groups in total. The van der Waals surface area contributed by atoms with Gasteiger partial charge in [-0.2, -0.15) is 5.10 Å². The quantitative estimate of drug-likeness (QED) is 0.646. The zero-order chi connectivity index (χ0) is 17.9. The van der Waals surface area contributed by atoms with Gasteiger partial charge in [-0.1, -0.05) is 25.1 Å². The van der Waals surface area contributed by atoms with E-state index in [1.165, 1.54) is 5.56 Å². The molecule has 6 heteroatoms. The standard InChI is InChI=1S/C19H27N5O/c1-14-9-15(2)24(23-14)17-8-6-5-7-16(17)10-21-18(20-4)22-11-19(3)12-25-13-19/h5-9H,10-13H2,1-4H3,(H2,20,21,22). The number of nitrogens with one attached hydrogen (secondary N) is 2. The molecule has 2 aromatic rings. The Hall–Kier alpha value is -2.34. The highest BCUT2D eigenvalue weighted by atomic mass is 16.5. The molecule has 1 aliphatic heterocycles. The molecule has 0 unspecified atom stereocenters. The van der Waals surface area contributed by atoms with Crippen LogP contribution in [0.3, 0.4) is 0 Å². The smallest absolute Gasteiger partial charge is 0.191 e. The number of aromatic nitrogens is 2. The Labute approximate surface area is 149 Å².